The first kappa shape index (κ1) is 11.9. The maximum Gasteiger partial charge on any atom is 0.326 e. The highest BCUT2D eigenvalue weighted by molar-refractivity contribution is 5.83. The van der Waals surface area contributed by atoms with Gasteiger partial charge in [-0.1, -0.05) is 0 Å². The van der Waals surface area contributed by atoms with Gasteiger partial charge in [-0.3, -0.25) is 14.6 Å². The third-order valence-electron chi connectivity index (χ3n) is 2.28. The molecule has 0 atom stereocenters. The van der Waals surface area contributed by atoms with E-state index >= 15 is 0 Å². The minimum atomic E-state index is -0.616. The fraction of sp³-hybridized carbons (Fsp3) is 0.182. The summed E-state index contributed by atoms with van der Waals surface area (Å²) in [6, 6.07) is 2.76. The second-order valence-corrected chi connectivity index (χ2v) is 3.55. The van der Waals surface area contributed by atoms with Crippen LogP contribution < -0.4 is 20.7 Å². The van der Waals surface area contributed by atoms with Gasteiger partial charge in [0.05, 0.1) is 18.0 Å². The van der Waals surface area contributed by atoms with Crippen LogP contribution in [0.15, 0.2) is 21.7 Å². The van der Waals surface area contributed by atoms with Crippen molar-refractivity contribution in [2.75, 3.05) is 7.11 Å². The molecule has 0 aliphatic carbocycles. The molecule has 94 valence electrons. The number of esters is 1. The van der Waals surface area contributed by atoms with Crippen LogP contribution in [0.25, 0.3) is 10.9 Å². The SMILES string of the molecule is COc1cc2[nH]c(=O)[nH]c(=O)c2cc1OC(C)=O. The summed E-state index contributed by atoms with van der Waals surface area (Å²) in [5.41, 5.74) is -0.879. The van der Waals surface area contributed by atoms with Crippen LogP contribution >= 0.6 is 0 Å². The number of methoxy groups -OCH3 is 1. The standard InChI is InChI=1S/C11H10N2O5/c1-5(14)18-9-3-6-7(4-8(9)17-2)12-11(16)13-10(6)15/h3-4H,1-2H3,(H2,12,13,15,16). The van der Waals surface area contributed by atoms with Crippen LogP contribution in [0.4, 0.5) is 0 Å². The predicted octanol–water partition coefficient (Wildman–Crippen LogP) is 0.150. The first-order chi connectivity index (χ1) is 8.51. The summed E-state index contributed by atoms with van der Waals surface area (Å²) in [4.78, 5) is 38.2. The Balaban J connectivity index is 2.77. The number of nitrogens with one attached hydrogen (secondary N) is 2. The van der Waals surface area contributed by atoms with Gasteiger partial charge in [0.25, 0.3) is 5.56 Å². The van der Waals surface area contributed by atoms with Crippen molar-refractivity contribution in [1.29, 1.82) is 0 Å². The number of carbonyl (C=O) groups excluding carboxylic acids is 1. The molecule has 1 heterocycles. The molecule has 1 aromatic heterocycles. The topological polar surface area (TPSA) is 101 Å². The molecule has 2 N–H and O–H groups in total. The van der Waals surface area contributed by atoms with Crippen molar-refractivity contribution in [2.45, 2.75) is 6.92 Å². The van der Waals surface area contributed by atoms with E-state index in [4.69, 9.17) is 9.47 Å². The first-order valence-corrected chi connectivity index (χ1v) is 5.04. The molecule has 0 saturated carbocycles. The first-order valence-electron chi connectivity index (χ1n) is 5.04. The Morgan fingerprint density at radius 3 is 2.50 bits per heavy atom. The number of rotatable bonds is 2. The molecule has 2 aromatic rings. The van der Waals surface area contributed by atoms with E-state index in [0.29, 0.717) is 5.52 Å². The Labute approximate surface area is 100 Å². The monoisotopic (exact) mass is 250 g/mol. The van der Waals surface area contributed by atoms with Crippen molar-refractivity contribution in [1.82, 2.24) is 9.97 Å². The molecule has 0 aliphatic heterocycles. The molecule has 18 heavy (non-hydrogen) atoms. The molecule has 0 aliphatic rings. The van der Waals surface area contributed by atoms with E-state index in [1.807, 2.05) is 0 Å². The zero-order valence-electron chi connectivity index (χ0n) is 9.70. The number of aromatic nitrogens is 2. The summed E-state index contributed by atoms with van der Waals surface area (Å²) < 4.78 is 9.94. The van der Waals surface area contributed by atoms with Gasteiger partial charge in [0.1, 0.15) is 0 Å². The van der Waals surface area contributed by atoms with Gasteiger partial charge in [0.2, 0.25) is 0 Å². The van der Waals surface area contributed by atoms with E-state index in [-0.39, 0.29) is 16.9 Å². The molecule has 7 heteroatoms. The molecule has 0 amide bonds. The summed E-state index contributed by atoms with van der Waals surface area (Å²) >= 11 is 0. The fourth-order valence-electron chi connectivity index (χ4n) is 1.57. The van der Waals surface area contributed by atoms with Crippen molar-refractivity contribution in [3.8, 4) is 11.5 Å². The number of ether oxygens (including phenoxy) is 2. The van der Waals surface area contributed by atoms with Gasteiger partial charge >= 0.3 is 11.7 Å². The van der Waals surface area contributed by atoms with Crippen LogP contribution in [0.1, 0.15) is 6.92 Å². The highest BCUT2D eigenvalue weighted by atomic mass is 16.6. The van der Waals surface area contributed by atoms with E-state index in [2.05, 4.69) is 9.97 Å². The summed E-state index contributed by atoms with van der Waals surface area (Å²) in [6.45, 7) is 1.24. The Morgan fingerprint density at radius 1 is 1.17 bits per heavy atom. The zero-order valence-corrected chi connectivity index (χ0v) is 9.70. The maximum atomic E-state index is 11.6. The average Bonchev–Trinajstić information content (AvgIpc) is 2.28. The highest BCUT2D eigenvalue weighted by Crippen LogP contribution is 2.29. The van der Waals surface area contributed by atoms with Crippen LogP contribution in [0.5, 0.6) is 11.5 Å². The number of aromatic amines is 2. The van der Waals surface area contributed by atoms with Crippen molar-refractivity contribution >= 4 is 16.9 Å². The van der Waals surface area contributed by atoms with Crippen LogP contribution in [-0.2, 0) is 4.79 Å². The minimum Gasteiger partial charge on any atom is -0.493 e. The lowest BCUT2D eigenvalue weighted by atomic mass is 10.2. The highest BCUT2D eigenvalue weighted by Gasteiger charge is 2.11. The number of hydrogen-bond acceptors (Lipinski definition) is 5. The van der Waals surface area contributed by atoms with Crippen LogP contribution in [0.2, 0.25) is 0 Å². The number of carbonyl (C=O) groups is 1. The molecule has 0 unspecified atom stereocenters. The van der Waals surface area contributed by atoms with Gasteiger partial charge < -0.3 is 14.5 Å². The summed E-state index contributed by atoms with van der Waals surface area (Å²) in [5, 5.41) is 0.201. The zero-order chi connectivity index (χ0) is 13.3. The maximum absolute atomic E-state index is 11.6. The fourth-order valence-corrected chi connectivity index (χ4v) is 1.57. The van der Waals surface area contributed by atoms with Crippen molar-refractivity contribution in [3.63, 3.8) is 0 Å². The lowest BCUT2D eigenvalue weighted by molar-refractivity contribution is -0.131. The average molecular weight is 250 g/mol. The van der Waals surface area contributed by atoms with Crippen molar-refractivity contribution in [2.24, 2.45) is 0 Å². The molecule has 0 saturated heterocycles. The van der Waals surface area contributed by atoms with E-state index in [1.54, 1.807) is 0 Å². The molecule has 1 aromatic carbocycles. The Hall–Kier alpha value is -2.57. The van der Waals surface area contributed by atoms with Gasteiger partial charge in [0, 0.05) is 13.0 Å². The molecule has 0 bridgehead atoms. The molecular formula is C11H10N2O5. The smallest absolute Gasteiger partial charge is 0.326 e. The largest absolute Gasteiger partial charge is 0.493 e. The summed E-state index contributed by atoms with van der Waals surface area (Å²) in [7, 11) is 1.39. The van der Waals surface area contributed by atoms with E-state index in [9.17, 15) is 14.4 Å². The van der Waals surface area contributed by atoms with Crippen LogP contribution in [0, 0.1) is 0 Å². The lowest BCUT2D eigenvalue weighted by Gasteiger charge is -2.08. The van der Waals surface area contributed by atoms with E-state index in [0.717, 1.165) is 0 Å². The summed E-state index contributed by atoms with van der Waals surface area (Å²) in [5.74, 6) is -0.164. The van der Waals surface area contributed by atoms with Crippen LogP contribution in [-0.4, -0.2) is 23.0 Å². The van der Waals surface area contributed by atoms with E-state index in [1.165, 1.54) is 26.2 Å². The lowest BCUT2D eigenvalue weighted by Crippen LogP contribution is -2.22. The number of H-pyrrole nitrogens is 2. The summed E-state index contributed by atoms with van der Waals surface area (Å²) in [6.07, 6.45) is 0. The Kier molecular flexibility index (Phi) is 2.88. The second-order valence-electron chi connectivity index (χ2n) is 3.55. The molecule has 7 nitrogen and oxygen atoms in total. The van der Waals surface area contributed by atoms with Crippen molar-refractivity contribution in [3.05, 3.63) is 33.0 Å². The van der Waals surface area contributed by atoms with Crippen LogP contribution in [0.3, 0.4) is 0 Å². The number of benzene rings is 1. The van der Waals surface area contributed by atoms with E-state index < -0.39 is 17.2 Å². The molecule has 0 fully saturated rings. The van der Waals surface area contributed by atoms with Gasteiger partial charge in [-0.2, -0.15) is 0 Å². The third-order valence-corrected chi connectivity index (χ3v) is 2.28. The van der Waals surface area contributed by atoms with Gasteiger partial charge in [0.15, 0.2) is 11.5 Å². The third kappa shape index (κ3) is 2.10. The molecule has 0 spiro atoms. The van der Waals surface area contributed by atoms with Gasteiger partial charge in [-0.15, -0.1) is 0 Å². The number of hydrogen-bond donors (Lipinski definition) is 2. The second kappa shape index (κ2) is 4.36. The molecular weight excluding hydrogens is 240 g/mol. The minimum absolute atomic E-state index is 0.120. The molecule has 2 rings (SSSR count). The Morgan fingerprint density at radius 2 is 1.89 bits per heavy atom. The number of fused-ring (bicyclic) bond motifs is 1. The quantitative estimate of drug-likeness (QED) is 0.583. The van der Waals surface area contributed by atoms with Crippen molar-refractivity contribution < 1.29 is 14.3 Å². The van der Waals surface area contributed by atoms with Gasteiger partial charge in [-0.25, -0.2) is 4.79 Å². The predicted molar refractivity (Wildman–Crippen MR) is 63.1 cm³/mol. The van der Waals surface area contributed by atoms with Gasteiger partial charge in [-0.05, 0) is 6.07 Å². The Bertz CT molecular complexity index is 728. The normalized spacial score (nSPS) is 10.3. The molecule has 0 radical (unpaired) electrons.